The Morgan fingerprint density at radius 1 is 1.18 bits per heavy atom. The second-order valence-electron chi connectivity index (χ2n) is 3.49. The molecule has 0 saturated carbocycles. The van der Waals surface area contributed by atoms with Crippen molar-refractivity contribution in [2.75, 3.05) is 5.73 Å². The van der Waals surface area contributed by atoms with E-state index in [-0.39, 0.29) is 5.95 Å². The molecule has 17 heavy (non-hydrogen) atoms. The molecule has 0 aliphatic rings. The van der Waals surface area contributed by atoms with E-state index in [2.05, 4.69) is 15.1 Å². The lowest BCUT2D eigenvalue weighted by Gasteiger charge is -2.04. The van der Waals surface area contributed by atoms with Crippen molar-refractivity contribution < 1.29 is 0 Å². The zero-order chi connectivity index (χ0) is 11.8. The fraction of sp³-hybridized carbons (Fsp3) is 0. The van der Waals surface area contributed by atoms with Crippen molar-refractivity contribution in [3.8, 4) is 11.4 Å². The van der Waals surface area contributed by atoms with Gasteiger partial charge in [0, 0.05) is 17.8 Å². The Balaban J connectivity index is 2.34. The van der Waals surface area contributed by atoms with Gasteiger partial charge in [-0.3, -0.25) is 0 Å². The van der Waals surface area contributed by atoms with Gasteiger partial charge in [0.2, 0.25) is 5.95 Å². The summed E-state index contributed by atoms with van der Waals surface area (Å²) in [5, 5.41) is 4.71. The van der Waals surface area contributed by atoms with Crippen LogP contribution >= 0.6 is 11.6 Å². The van der Waals surface area contributed by atoms with Crippen molar-refractivity contribution in [2.24, 2.45) is 0 Å². The molecule has 0 atom stereocenters. The van der Waals surface area contributed by atoms with Crippen LogP contribution in [0.2, 0.25) is 5.02 Å². The third kappa shape index (κ3) is 1.60. The Kier molecular flexibility index (Phi) is 2.19. The Labute approximate surface area is 102 Å². The summed E-state index contributed by atoms with van der Waals surface area (Å²) in [6.07, 6.45) is 1.65. The van der Waals surface area contributed by atoms with E-state index >= 15 is 0 Å². The predicted molar refractivity (Wildman–Crippen MR) is 65.6 cm³/mol. The lowest BCUT2D eigenvalue weighted by atomic mass is 10.2. The van der Waals surface area contributed by atoms with Crippen molar-refractivity contribution in [3.05, 3.63) is 41.6 Å². The summed E-state index contributed by atoms with van der Waals surface area (Å²) in [6, 6.07) is 9.17. The molecule has 2 N–H and O–H groups in total. The van der Waals surface area contributed by atoms with Gasteiger partial charge in [-0.2, -0.15) is 9.50 Å². The third-order valence-electron chi connectivity index (χ3n) is 2.38. The lowest BCUT2D eigenvalue weighted by Crippen LogP contribution is -1.98. The van der Waals surface area contributed by atoms with Gasteiger partial charge in [-0.15, -0.1) is 5.10 Å². The first-order valence-corrected chi connectivity index (χ1v) is 5.35. The molecular formula is C11H8ClN5. The molecule has 84 valence electrons. The summed E-state index contributed by atoms with van der Waals surface area (Å²) in [6.45, 7) is 0. The maximum absolute atomic E-state index is 6.13. The number of nitrogens with zero attached hydrogens (tertiary/aromatic N) is 4. The average Bonchev–Trinajstić information content (AvgIpc) is 2.70. The number of hydrogen-bond acceptors (Lipinski definition) is 4. The summed E-state index contributed by atoms with van der Waals surface area (Å²) in [7, 11) is 0. The van der Waals surface area contributed by atoms with Gasteiger partial charge in [-0.1, -0.05) is 23.7 Å². The van der Waals surface area contributed by atoms with Crippen molar-refractivity contribution in [2.45, 2.75) is 0 Å². The minimum atomic E-state index is 0.214. The third-order valence-corrected chi connectivity index (χ3v) is 2.71. The average molecular weight is 246 g/mol. The van der Waals surface area contributed by atoms with E-state index in [0.29, 0.717) is 16.5 Å². The Morgan fingerprint density at radius 2 is 2.00 bits per heavy atom. The van der Waals surface area contributed by atoms with Gasteiger partial charge in [0.1, 0.15) is 0 Å². The SMILES string of the molecule is Nc1nc2ccnc(-c3ccccc3Cl)n2n1. The van der Waals surface area contributed by atoms with Gasteiger partial charge in [-0.05, 0) is 12.1 Å². The van der Waals surface area contributed by atoms with Crippen molar-refractivity contribution in [1.82, 2.24) is 19.6 Å². The molecule has 0 spiro atoms. The maximum atomic E-state index is 6.13. The number of nitrogen functional groups attached to an aromatic ring is 1. The van der Waals surface area contributed by atoms with Gasteiger partial charge in [0.05, 0.1) is 5.02 Å². The molecular weight excluding hydrogens is 238 g/mol. The summed E-state index contributed by atoms with van der Waals surface area (Å²) in [5.74, 6) is 0.837. The fourth-order valence-electron chi connectivity index (χ4n) is 1.66. The Bertz CT molecular complexity index is 691. The van der Waals surface area contributed by atoms with E-state index in [1.165, 1.54) is 0 Å². The van der Waals surface area contributed by atoms with Gasteiger partial charge in [-0.25, -0.2) is 4.98 Å². The van der Waals surface area contributed by atoms with Crippen LogP contribution in [-0.2, 0) is 0 Å². The van der Waals surface area contributed by atoms with Crippen LogP contribution in [0.3, 0.4) is 0 Å². The Morgan fingerprint density at radius 3 is 2.82 bits per heavy atom. The minimum absolute atomic E-state index is 0.214. The van der Waals surface area contributed by atoms with Crippen molar-refractivity contribution in [3.63, 3.8) is 0 Å². The van der Waals surface area contributed by atoms with E-state index in [1.807, 2.05) is 18.2 Å². The van der Waals surface area contributed by atoms with E-state index in [1.54, 1.807) is 22.8 Å². The maximum Gasteiger partial charge on any atom is 0.240 e. The van der Waals surface area contributed by atoms with Crippen molar-refractivity contribution >= 4 is 23.2 Å². The number of aromatic nitrogens is 4. The molecule has 1 aromatic carbocycles. The largest absolute Gasteiger partial charge is 0.366 e. The summed E-state index contributed by atoms with van der Waals surface area (Å²) >= 11 is 6.13. The normalized spacial score (nSPS) is 10.9. The van der Waals surface area contributed by atoms with Crippen LogP contribution in [0.15, 0.2) is 36.5 Å². The molecule has 6 heteroatoms. The van der Waals surface area contributed by atoms with Gasteiger partial charge >= 0.3 is 0 Å². The van der Waals surface area contributed by atoms with E-state index in [0.717, 1.165) is 5.56 Å². The van der Waals surface area contributed by atoms with Crippen LogP contribution in [-0.4, -0.2) is 19.6 Å². The molecule has 0 aliphatic heterocycles. The molecule has 0 bridgehead atoms. The Hall–Kier alpha value is -2.14. The zero-order valence-electron chi connectivity index (χ0n) is 8.71. The molecule has 0 fully saturated rings. The quantitative estimate of drug-likeness (QED) is 0.712. The molecule has 3 aromatic rings. The zero-order valence-corrected chi connectivity index (χ0v) is 9.46. The summed E-state index contributed by atoms with van der Waals surface area (Å²) < 4.78 is 1.58. The van der Waals surface area contributed by atoms with Crippen LogP contribution in [0, 0.1) is 0 Å². The fourth-order valence-corrected chi connectivity index (χ4v) is 1.88. The van der Waals surface area contributed by atoms with Crippen molar-refractivity contribution in [1.29, 1.82) is 0 Å². The first kappa shape index (κ1) is 10.0. The number of nitrogens with two attached hydrogens (primary N) is 1. The molecule has 0 radical (unpaired) electrons. The first-order chi connectivity index (χ1) is 8.25. The highest BCUT2D eigenvalue weighted by Crippen LogP contribution is 2.25. The molecule has 2 heterocycles. The predicted octanol–water partition coefficient (Wildman–Crippen LogP) is 2.03. The summed E-state index contributed by atoms with van der Waals surface area (Å²) in [5.41, 5.74) is 7.01. The second-order valence-corrected chi connectivity index (χ2v) is 3.90. The van der Waals surface area contributed by atoms with Gasteiger partial charge in [0.25, 0.3) is 0 Å². The minimum Gasteiger partial charge on any atom is -0.366 e. The molecule has 3 rings (SSSR count). The molecule has 0 unspecified atom stereocenters. The molecule has 0 amide bonds. The van der Waals surface area contributed by atoms with Crippen LogP contribution in [0.5, 0.6) is 0 Å². The van der Waals surface area contributed by atoms with E-state index < -0.39 is 0 Å². The van der Waals surface area contributed by atoms with Crippen LogP contribution in [0.4, 0.5) is 5.95 Å². The smallest absolute Gasteiger partial charge is 0.240 e. The summed E-state index contributed by atoms with van der Waals surface area (Å²) in [4.78, 5) is 8.35. The number of halogens is 1. The lowest BCUT2D eigenvalue weighted by molar-refractivity contribution is 0.939. The number of anilines is 1. The molecule has 5 nitrogen and oxygen atoms in total. The number of hydrogen-bond donors (Lipinski definition) is 1. The van der Waals surface area contributed by atoms with Gasteiger partial charge in [0.15, 0.2) is 11.5 Å². The number of benzene rings is 1. The first-order valence-electron chi connectivity index (χ1n) is 4.98. The second kappa shape index (κ2) is 3.71. The number of rotatable bonds is 1. The monoisotopic (exact) mass is 245 g/mol. The molecule has 0 aliphatic carbocycles. The van der Waals surface area contributed by atoms with E-state index in [4.69, 9.17) is 17.3 Å². The van der Waals surface area contributed by atoms with Crippen LogP contribution < -0.4 is 5.73 Å². The highest BCUT2D eigenvalue weighted by molar-refractivity contribution is 6.33. The highest BCUT2D eigenvalue weighted by atomic mass is 35.5. The molecule has 0 saturated heterocycles. The number of fused-ring (bicyclic) bond motifs is 1. The van der Waals surface area contributed by atoms with E-state index in [9.17, 15) is 0 Å². The molecule has 2 aromatic heterocycles. The van der Waals surface area contributed by atoms with Gasteiger partial charge < -0.3 is 5.73 Å². The standard InChI is InChI=1S/C11H8ClN5/c12-8-4-2-1-3-7(8)10-14-6-5-9-15-11(13)16-17(9)10/h1-6H,(H2,13,16). The van der Waals surface area contributed by atoms with Crippen LogP contribution in [0.1, 0.15) is 0 Å². The van der Waals surface area contributed by atoms with Crippen LogP contribution in [0.25, 0.3) is 17.0 Å². The highest BCUT2D eigenvalue weighted by Gasteiger charge is 2.10. The topological polar surface area (TPSA) is 69.1 Å².